The predicted octanol–water partition coefficient (Wildman–Crippen LogP) is 4.25. The quantitative estimate of drug-likeness (QED) is 0.243. The number of benzene rings is 1. The molecule has 1 aromatic heterocycles. The fourth-order valence-corrected chi connectivity index (χ4v) is 7.04. The van der Waals surface area contributed by atoms with Crippen LogP contribution in [0.4, 0.5) is 10.1 Å². The molecule has 0 bridgehead atoms. The topological polar surface area (TPSA) is 110 Å². The molecular weight excluding hydrogens is 455 g/mol. The molecule has 0 spiro atoms. The molecule has 7 nitrogen and oxygen atoms in total. The largest absolute Gasteiger partial charge is 0.386 e. The Morgan fingerprint density at radius 1 is 1.28 bits per heavy atom. The predicted molar refractivity (Wildman–Crippen MR) is 140 cm³/mol. The van der Waals surface area contributed by atoms with Gasteiger partial charge in [-0.15, -0.1) is 0 Å². The summed E-state index contributed by atoms with van der Waals surface area (Å²) < 4.78 is 13.9. The van der Waals surface area contributed by atoms with Gasteiger partial charge in [-0.3, -0.25) is 9.78 Å². The number of nitrogens with zero attached hydrogens (tertiary/aromatic N) is 3. The Morgan fingerprint density at radius 3 is 2.89 bits per heavy atom. The lowest BCUT2D eigenvalue weighted by atomic mass is 9.54. The standard InChI is InChI=1S/C28H35FN6O/c1-28-12-11-22-21-6-4-20(35(2)27(36)10-9-26(30)33-34-31)14-17(21)3-5-23(22)25(28)8-7-24(28)18-13-19(29)16-32-15-18/h4,6-7,13-16,22-23,25,34H,3,5,8-12,31H2,1-2H3,(H2,30,33). The first-order chi connectivity index (χ1) is 17.3. The zero-order valence-corrected chi connectivity index (χ0v) is 21.0. The summed E-state index contributed by atoms with van der Waals surface area (Å²) in [6.45, 7) is 2.37. The van der Waals surface area contributed by atoms with Crippen molar-refractivity contribution in [3.05, 3.63) is 65.2 Å². The molecule has 4 atom stereocenters. The van der Waals surface area contributed by atoms with Crippen LogP contribution in [0.5, 0.6) is 0 Å². The number of anilines is 1. The minimum Gasteiger partial charge on any atom is -0.386 e. The molecule has 1 heterocycles. The molecule has 2 aromatic rings. The van der Waals surface area contributed by atoms with Gasteiger partial charge in [-0.2, -0.15) is 5.10 Å². The highest BCUT2D eigenvalue weighted by Crippen LogP contribution is 2.63. The van der Waals surface area contributed by atoms with Crippen LogP contribution in [0.2, 0.25) is 0 Å². The molecule has 3 aliphatic carbocycles. The summed E-state index contributed by atoms with van der Waals surface area (Å²) >= 11 is 0. The minimum absolute atomic E-state index is 0.0105. The summed E-state index contributed by atoms with van der Waals surface area (Å²) in [5, 5.41) is 3.71. The fraction of sp³-hybridized carbons (Fsp3) is 0.464. The third-order valence-electron chi connectivity index (χ3n) is 8.87. The second kappa shape index (κ2) is 9.65. The zero-order valence-electron chi connectivity index (χ0n) is 21.0. The number of allylic oxidation sites excluding steroid dienone is 2. The van der Waals surface area contributed by atoms with Crippen molar-refractivity contribution >= 4 is 23.0 Å². The van der Waals surface area contributed by atoms with E-state index >= 15 is 0 Å². The molecule has 5 rings (SSSR count). The van der Waals surface area contributed by atoms with Crippen LogP contribution in [0.15, 0.2) is 47.8 Å². The summed E-state index contributed by atoms with van der Waals surface area (Å²) in [7, 11) is 1.81. The normalized spacial score (nSPS) is 26.9. The van der Waals surface area contributed by atoms with Gasteiger partial charge < -0.3 is 10.6 Å². The van der Waals surface area contributed by atoms with Crippen molar-refractivity contribution in [3.63, 3.8) is 0 Å². The molecule has 36 heavy (non-hydrogen) atoms. The lowest BCUT2D eigenvalue weighted by Gasteiger charge is -2.50. The molecule has 1 fully saturated rings. The maximum atomic E-state index is 13.9. The average molecular weight is 491 g/mol. The van der Waals surface area contributed by atoms with E-state index in [1.165, 1.54) is 22.9 Å². The van der Waals surface area contributed by atoms with Crippen molar-refractivity contribution in [2.24, 2.45) is 33.9 Å². The smallest absolute Gasteiger partial charge is 0.227 e. The van der Waals surface area contributed by atoms with Gasteiger partial charge in [-0.25, -0.2) is 15.8 Å². The second-order valence-electron chi connectivity index (χ2n) is 10.7. The molecule has 4 unspecified atom stereocenters. The number of hydrogen-bond donors (Lipinski definition) is 3. The van der Waals surface area contributed by atoms with Crippen molar-refractivity contribution in [1.29, 1.82) is 0 Å². The number of fused-ring (bicyclic) bond motifs is 5. The van der Waals surface area contributed by atoms with Crippen molar-refractivity contribution in [2.45, 2.75) is 57.8 Å². The minimum atomic E-state index is -0.274. The molecule has 0 aliphatic heterocycles. The molecule has 1 amide bonds. The highest BCUT2D eigenvalue weighted by molar-refractivity contribution is 5.95. The van der Waals surface area contributed by atoms with E-state index in [0.717, 1.165) is 43.4 Å². The lowest BCUT2D eigenvalue weighted by molar-refractivity contribution is -0.118. The summed E-state index contributed by atoms with van der Waals surface area (Å²) in [5.41, 5.74) is 13.8. The van der Waals surface area contributed by atoms with Gasteiger partial charge in [0, 0.05) is 31.8 Å². The summed E-state index contributed by atoms with van der Waals surface area (Å²) in [6, 6.07) is 8.13. The van der Waals surface area contributed by atoms with E-state index in [2.05, 4.69) is 46.8 Å². The van der Waals surface area contributed by atoms with E-state index in [9.17, 15) is 9.18 Å². The molecule has 0 radical (unpaired) electrons. The molecule has 8 heteroatoms. The van der Waals surface area contributed by atoms with Gasteiger partial charge in [0.05, 0.1) is 6.20 Å². The summed E-state index contributed by atoms with van der Waals surface area (Å²) in [6.07, 6.45) is 11.4. The number of carbonyl (C=O) groups is 1. The first-order valence-electron chi connectivity index (χ1n) is 12.8. The molecule has 3 aliphatic rings. The maximum absolute atomic E-state index is 13.9. The second-order valence-corrected chi connectivity index (χ2v) is 10.7. The Labute approximate surface area is 211 Å². The molecule has 1 aromatic carbocycles. The van der Waals surface area contributed by atoms with E-state index in [4.69, 9.17) is 11.6 Å². The number of amides is 1. The van der Waals surface area contributed by atoms with Gasteiger partial charge in [0.2, 0.25) is 5.91 Å². The number of hydrazone groups is 1. The van der Waals surface area contributed by atoms with Gasteiger partial charge in [-0.1, -0.05) is 19.1 Å². The van der Waals surface area contributed by atoms with Gasteiger partial charge in [-0.05, 0) is 95.7 Å². The van der Waals surface area contributed by atoms with Crippen molar-refractivity contribution in [1.82, 2.24) is 10.5 Å². The maximum Gasteiger partial charge on any atom is 0.227 e. The average Bonchev–Trinajstić information content (AvgIpc) is 3.23. The zero-order chi connectivity index (χ0) is 25.4. The third kappa shape index (κ3) is 4.28. The molecular formula is C28H35FN6O. The van der Waals surface area contributed by atoms with Crippen LogP contribution < -0.4 is 22.0 Å². The van der Waals surface area contributed by atoms with Gasteiger partial charge in [0.25, 0.3) is 0 Å². The van der Waals surface area contributed by atoms with Crippen LogP contribution >= 0.6 is 0 Å². The first kappa shape index (κ1) is 24.4. The molecule has 190 valence electrons. The summed E-state index contributed by atoms with van der Waals surface area (Å²) in [4.78, 5) is 18.5. The Kier molecular flexibility index (Phi) is 6.55. The number of nitrogens with one attached hydrogen (secondary N) is 1. The molecule has 1 saturated carbocycles. The highest BCUT2D eigenvalue weighted by Gasteiger charge is 2.52. The third-order valence-corrected chi connectivity index (χ3v) is 8.87. The van der Waals surface area contributed by atoms with Crippen LogP contribution in [-0.2, 0) is 11.2 Å². The number of nitrogens with two attached hydrogens (primary N) is 2. The number of rotatable bonds is 6. The van der Waals surface area contributed by atoms with Crippen LogP contribution in [0.1, 0.15) is 68.1 Å². The number of pyridine rings is 1. The van der Waals surface area contributed by atoms with E-state index < -0.39 is 0 Å². The van der Waals surface area contributed by atoms with E-state index in [1.54, 1.807) is 17.2 Å². The van der Waals surface area contributed by atoms with Crippen LogP contribution in [0, 0.1) is 23.1 Å². The number of aryl methyl sites for hydroxylation is 1. The SMILES string of the molecule is CN(C(=O)CC/C(N)=N/NN)c1ccc2c(c1)CCC1C2CCC2(C)C(c3cncc(F)c3)=CCC12. The Bertz CT molecular complexity index is 1230. The molecule has 5 N–H and O–H groups in total. The Morgan fingerprint density at radius 2 is 2.11 bits per heavy atom. The lowest BCUT2D eigenvalue weighted by Crippen LogP contribution is -2.41. The van der Waals surface area contributed by atoms with Crippen LogP contribution in [0.25, 0.3) is 5.57 Å². The van der Waals surface area contributed by atoms with E-state index in [-0.39, 0.29) is 23.6 Å². The Balaban J connectivity index is 1.32. The summed E-state index contributed by atoms with van der Waals surface area (Å²) in [5.74, 6) is 6.85. The van der Waals surface area contributed by atoms with Crippen LogP contribution in [0.3, 0.4) is 0 Å². The van der Waals surface area contributed by atoms with Crippen molar-refractivity contribution < 1.29 is 9.18 Å². The fourth-order valence-electron chi connectivity index (χ4n) is 7.04. The first-order valence-corrected chi connectivity index (χ1v) is 12.8. The molecule has 0 saturated heterocycles. The van der Waals surface area contributed by atoms with Crippen molar-refractivity contribution in [2.75, 3.05) is 11.9 Å². The Hall–Kier alpha value is -3.26. The number of aromatic nitrogens is 1. The number of hydrogen-bond acceptors (Lipinski definition) is 5. The van der Waals surface area contributed by atoms with E-state index in [0.29, 0.717) is 30.0 Å². The van der Waals surface area contributed by atoms with E-state index in [1.807, 2.05) is 7.05 Å². The number of halogens is 1. The van der Waals surface area contributed by atoms with Gasteiger partial charge in [0.15, 0.2) is 0 Å². The number of carbonyl (C=O) groups excluding carboxylic acids is 1. The van der Waals surface area contributed by atoms with Crippen LogP contribution in [-0.4, -0.2) is 23.8 Å². The monoisotopic (exact) mass is 490 g/mol. The van der Waals surface area contributed by atoms with Crippen molar-refractivity contribution in [3.8, 4) is 0 Å². The number of hydrazine groups is 1. The van der Waals surface area contributed by atoms with Gasteiger partial charge in [0.1, 0.15) is 11.7 Å². The number of amidine groups is 1. The van der Waals surface area contributed by atoms with Gasteiger partial charge >= 0.3 is 0 Å². The highest BCUT2D eigenvalue weighted by atomic mass is 19.1.